The molecular weight excluding hydrogens is 228 g/mol. The summed E-state index contributed by atoms with van der Waals surface area (Å²) < 4.78 is 5.37. The lowest BCUT2D eigenvalue weighted by molar-refractivity contribution is 0.252. The molecule has 0 fully saturated rings. The van der Waals surface area contributed by atoms with Gasteiger partial charge in [-0.25, -0.2) is 4.79 Å². The number of hydrogen-bond acceptors (Lipinski definition) is 2. The minimum absolute atomic E-state index is 0.167. The average Bonchev–Trinajstić information content (AvgIpc) is 2.35. The largest absolute Gasteiger partial charge is 0.494 e. The zero-order valence-corrected chi connectivity index (χ0v) is 11.2. The van der Waals surface area contributed by atoms with Crippen molar-refractivity contribution in [1.29, 1.82) is 0 Å². The lowest BCUT2D eigenvalue weighted by atomic mass is 10.2. The minimum Gasteiger partial charge on any atom is -0.494 e. The molecule has 0 radical (unpaired) electrons. The van der Waals surface area contributed by atoms with Gasteiger partial charge in [-0.05, 0) is 25.5 Å². The quantitative estimate of drug-likeness (QED) is 0.729. The van der Waals surface area contributed by atoms with Gasteiger partial charge in [-0.1, -0.05) is 25.8 Å². The molecule has 4 heteroatoms. The van der Waals surface area contributed by atoms with Crippen molar-refractivity contribution in [2.24, 2.45) is 0 Å². The first-order valence-electron chi connectivity index (χ1n) is 6.54. The van der Waals surface area contributed by atoms with Crippen LogP contribution in [0.25, 0.3) is 0 Å². The van der Waals surface area contributed by atoms with Crippen LogP contribution in [-0.4, -0.2) is 19.2 Å². The molecule has 1 aromatic rings. The van der Waals surface area contributed by atoms with Crippen LogP contribution in [0.2, 0.25) is 0 Å². The fourth-order valence-electron chi connectivity index (χ4n) is 1.58. The Balaban J connectivity index is 2.36. The van der Waals surface area contributed by atoms with E-state index in [0.717, 1.165) is 30.7 Å². The Hall–Kier alpha value is -1.71. The summed E-state index contributed by atoms with van der Waals surface area (Å²) in [5.74, 6) is 0.765. The molecule has 0 saturated heterocycles. The summed E-state index contributed by atoms with van der Waals surface area (Å²) in [7, 11) is 0. The highest BCUT2D eigenvalue weighted by atomic mass is 16.5. The molecule has 4 nitrogen and oxygen atoms in total. The third-order valence-electron chi connectivity index (χ3n) is 2.47. The zero-order valence-electron chi connectivity index (χ0n) is 11.2. The van der Waals surface area contributed by atoms with Crippen molar-refractivity contribution >= 4 is 11.7 Å². The van der Waals surface area contributed by atoms with Crippen LogP contribution in [-0.2, 0) is 0 Å². The molecule has 0 saturated carbocycles. The normalized spacial score (nSPS) is 9.89. The van der Waals surface area contributed by atoms with E-state index in [1.807, 2.05) is 31.2 Å². The summed E-state index contributed by atoms with van der Waals surface area (Å²) >= 11 is 0. The molecular formula is C14H22N2O2. The van der Waals surface area contributed by atoms with Gasteiger partial charge in [-0.2, -0.15) is 0 Å². The Kier molecular flexibility index (Phi) is 6.69. The minimum atomic E-state index is -0.167. The highest BCUT2D eigenvalue weighted by Gasteiger charge is 2.01. The van der Waals surface area contributed by atoms with Crippen LogP contribution in [0.5, 0.6) is 5.75 Å². The van der Waals surface area contributed by atoms with Gasteiger partial charge >= 0.3 is 6.03 Å². The van der Waals surface area contributed by atoms with Crippen molar-refractivity contribution in [3.8, 4) is 5.75 Å². The predicted molar refractivity (Wildman–Crippen MR) is 74.2 cm³/mol. The van der Waals surface area contributed by atoms with E-state index in [1.54, 1.807) is 0 Å². The van der Waals surface area contributed by atoms with Gasteiger partial charge in [0.05, 0.1) is 6.61 Å². The molecule has 0 heterocycles. The highest BCUT2D eigenvalue weighted by molar-refractivity contribution is 5.89. The van der Waals surface area contributed by atoms with E-state index in [-0.39, 0.29) is 6.03 Å². The first kappa shape index (κ1) is 14.4. The number of anilines is 1. The maximum atomic E-state index is 11.6. The van der Waals surface area contributed by atoms with Gasteiger partial charge in [0.25, 0.3) is 0 Å². The van der Waals surface area contributed by atoms with Gasteiger partial charge in [0.1, 0.15) is 5.75 Å². The Morgan fingerprint density at radius 3 is 2.83 bits per heavy atom. The van der Waals surface area contributed by atoms with Crippen molar-refractivity contribution in [3.63, 3.8) is 0 Å². The number of benzene rings is 1. The van der Waals surface area contributed by atoms with Gasteiger partial charge < -0.3 is 15.4 Å². The van der Waals surface area contributed by atoms with Gasteiger partial charge in [-0.15, -0.1) is 0 Å². The fraction of sp³-hybridized carbons (Fsp3) is 0.500. The van der Waals surface area contributed by atoms with E-state index in [9.17, 15) is 4.79 Å². The number of nitrogens with one attached hydrogen (secondary N) is 2. The number of carbonyl (C=O) groups excluding carboxylic acids is 1. The zero-order chi connectivity index (χ0) is 13.2. The molecule has 0 aliphatic carbocycles. The number of rotatable bonds is 7. The first-order valence-corrected chi connectivity index (χ1v) is 6.54. The number of urea groups is 1. The highest BCUT2D eigenvalue weighted by Crippen LogP contribution is 2.16. The summed E-state index contributed by atoms with van der Waals surface area (Å²) in [6.07, 6.45) is 3.31. The number of ether oxygens (including phenoxy) is 1. The molecule has 0 atom stereocenters. The maximum absolute atomic E-state index is 11.6. The van der Waals surface area contributed by atoms with Crippen LogP contribution in [0, 0.1) is 0 Å². The summed E-state index contributed by atoms with van der Waals surface area (Å²) in [4.78, 5) is 11.6. The van der Waals surface area contributed by atoms with Crippen molar-refractivity contribution < 1.29 is 9.53 Å². The summed E-state index contributed by atoms with van der Waals surface area (Å²) in [6.45, 7) is 5.40. The molecule has 0 spiro atoms. The molecule has 0 bridgehead atoms. The average molecular weight is 250 g/mol. The van der Waals surface area contributed by atoms with Crippen molar-refractivity contribution in [1.82, 2.24) is 5.32 Å². The third kappa shape index (κ3) is 5.57. The Morgan fingerprint density at radius 1 is 1.28 bits per heavy atom. The number of unbranched alkanes of at least 4 members (excludes halogenated alkanes) is 2. The van der Waals surface area contributed by atoms with E-state index in [4.69, 9.17) is 4.74 Å². The molecule has 18 heavy (non-hydrogen) atoms. The molecule has 0 aliphatic rings. The molecule has 1 aromatic carbocycles. The third-order valence-corrected chi connectivity index (χ3v) is 2.47. The van der Waals surface area contributed by atoms with Gasteiger partial charge in [0, 0.05) is 18.3 Å². The van der Waals surface area contributed by atoms with E-state index in [2.05, 4.69) is 17.6 Å². The number of amides is 2. The molecule has 100 valence electrons. The lowest BCUT2D eigenvalue weighted by Crippen LogP contribution is -2.29. The Labute approximate surface area is 109 Å². The van der Waals surface area contributed by atoms with Gasteiger partial charge in [0.2, 0.25) is 0 Å². The van der Waals surface area contributed by atoms with Gasteiger partial charge in [0.15, 0.2) is 0 Å². The maximum Gasteiger partial charge on any atom is 0.319 e. The molecule has 0 aliphatic heterocycles. The summed E-state index contributed by atoms with van der Waals surface area (Å²) in [5.41, 5.74) is 0.744. The second-order valence-corrected chi connectivity index (χ2v) is 4.05. The topological polar surface area (TPSA) is 50.4 Å². The molecule has 2 N–H and O–H groups in total. The first-order chi connectivity index (χ1) is 8.76. The van der Waals surface area contributed by atoms with E-state index in [0.29, 0.717) is 13.2 Å². The van der Waals surface area contributed by atoms with Crippen LogP contribution in [0.15, 0.2) is 24.3 Å². The summed E-state index contributed by atoms with van der Waals surface area (Å²) in [6, 6.07) is 7.22. The van der Waals surface area contributed by atoms with Crippen LogP contribution in [0.3, 0.4) is 0 Å². The van der Waals surface area contributed by atoms with Gasteiger partial charge in [-0.3, -0.25) is 0 Å². The van der Waals surface area contributed by atoms with Crippen LogP contribution >= 0.6 is 0 Å². The van der Waals surface area contributed by atoms with Crippen LogP contribution in [0.1, 0.15) is 33.1 Å². The smallest absolute Gasteiger partial charge is 0.319 e. The van der Waals surface area contributed by atoms with E-state index >= 15 is 0 Å². The second-order valence-electron chi connectivity index (χ2n) is 4.05. The fourth-order valence-corrected chi connectivity index (χ4v) is 1.58. The summed E-state index contributed by atoms with van der Waals surface area (Å²) in [5, 5.41) is 5.61. The predicted octanol–water partition coefficient (Wildman–Crippen LogP) is 3.40. The monoisotopic (exact) mass is 250 g/mol. The second kappa shape index (κ2) is 8.39. The van der Waals surface area contributed by atoms with Crippen LogP contribution < -0.4 is 15.4 Å². The SMILES string of the molecule is CCCCCNC(=O)Nc1cccc(OCC)c1. The van der Waals surface area contributed by atoms with Crippen molar-refractivity contribution in [2.75, 3.05) is 18.5 Å². The lowest BCUT2D eigenvalue weighted by Gasteiger charge is -2.09. The van der Waals surface area contributed by atoms with Crippen molar-refractivity contribution in [3.05, 3.63) is 24.3 Å². The van der Waals surface area contributed by atoms with Crippen LogP contribution in [0.4, 0.5) is 10.5 Å². The van der Waals surface area contributed by atoms with E-state index < -0.39 is 0 Å². The molecule has 0 aromatic heterocycles. The Morgan fingerprint density at radius 2 is 2.11 bits per heavy atom. The molecule has 0 unspecified atom stereocenters. The Bertz CT molecular complexity index is 367. The van der Waals surface area contributed by atoms with E-state index in [1.165, 1.54) is 0 Å². The molecule has 1 rings (SSSR count). The number of carbonyl (C=O) groups is 1. The molecule has 2 amide bonds. The van der Waals surface area contributed by atoms with Crippen molar-refractivity contribution in [2.45, 2.75) is 33.1 Å². The standard InChI is InChI=1S/C14H22N2O2/c1-3-5-6-10-15-14(17)16-12-8-7-9-13(11-12)18-4-2/h7-9,11H,3-6,10H2,1-2H3,(H2,15,16,17). The number of hydrogen-bond donors (Lipinski definition) is 2.